The van der Waals surface area contributed by atoms with Crippen molar-refractivity contribution in [3.63, 3.8) is 0 Å². The molecule has 0 aliphatic carbocycles. The van der Waals surface area contributed by atoms with Crippen molar-refractivity contribution in [2.75, 3.05) is 0 Å². The zero-order valence-corrected chi connectivity index (χ0v) is 5.66. The molecular formula is C6H9N3O. The monoisotopic (exact) mass is 139 g/mol. The number of hydrogen-bond acceptors (Lipinski definition) is 3. The van der Waals surface area contributed by atoms with Crippen LogP contribution in [0, 0.1) is 0 Å². The smallest absolute Gasteiger partial charge is 0.271 e. The number of nitrogens with one attached hydrogen (secondary N) is 1. The molecule has 1 aromatic rings. The van der Waals surface area contributed by atoms with Gasteiger partial charge in [-0.1, -0.05) is 0 Å². The minimum absolute atomic E-state index is 0.211. The molecule has 4 nitrogen and oxygen atoms in total. The molecule has 10 heavy (non-hydrogen) atoms. The average molecular weight is 139 g/mol. The van der Waals surface area contributed by atoms with E-state index in [0.717, 1.165) is 0 Å². The van der Waals surface area contributed by atoms with E-state index in [0.29, 0.717) is 5.69 Å². The highest BCUT2D eigenvalue weighted by molar-refractivity contribution is 4.99. The number of aromatic amines is 1. The fourth-order valence-electron chi connectivity index (χ4n) is 0.687. The highest BCUT2D eigenvalue weighted by atomic mass is 16.1. The van der Waals surface area contributed by atoms with Crippen molar-refractivity contribution in [2.24, 2.45) is 5.73 Å². The van der Waals surface area contributed by atoms with Crippen molar-refractivity contribution in [1.82, 2.24) is 9.97 Å². The van der Waals surface area contributed by atoms with E-state index in [1.807, 2.05) is 0 Å². The molecule has 1 unspecified atom stereocenters. The van der Waals surface area contributed by atoms with E-state index < -0.39 is 0 Å². The summed E-state index contributed by atoms with van der Waals surface area (Å²) in [6.07, 6.45) is 2.99. The first-order valence-corrected chi connectivity index (χ1v) is 3.01. The lowest BCUT2D eigenvalue weighted by molar-refractivity contribution is 0.759. The molecule has 54 valence electrons. The van der Waals surface area contributed by atoms with Crippen molar-refractivity contribution in [3.05, 3.63) is 28.4 Å². The lowest BCUT2D eigenvalue weighted by Crippen LogP contribution is -2.20. The number of aromatic nitrogens is 2. The van der Waals surface area contributed by atoms with E-state index in [1.54, 1.807) is 6.92 Å². The van der Waals surface area contributed by atoms with Gasteiger partial charge in [-0.3, -0.25) is 9.78 Å². The van der Waals surface area contributed by atoms with Crippen molar-refractivity contribution in [3.8, 4) is 0 Å². The molecule has 0 saturated heterocycles. The zero-order chi connectivity index (χ0) is 7.56. The molecule has 1 atom stereocenters. The molecule has 0 saturated carbocycles. The Morgan fingerprint density at radius 1 is 1.80 bits per heavy atom. The third-order valence-electron chi connectivity index (χ3n) is 1.17. The summed E-state index contributed by atoms with van der Waals surface area (Å²) in [6.45, 7) is 1.72. The first-order chi connectivity index (χ1) is 4.72. The fraction of sp³-hybridized carbons (Fsp3) is 0.333. The standard InChI is InChI=1S/C6H9N3O/c1-4(7)5-6(10)9-3-2-8-5/h2-4H,7H2,1H3,(H,9,10). The Balaban J connectivity index is 3.16. The Morgan fingerprint density at radius 3 is 2.90 bits per heavy atom. The summed E-state index contributed by atoms with van der Waals surface area (Å²) in [5, 5.41) is 0. The second-order valence-corrected chi connectivity index (χ2v) is 2.09. The number of rotatable bonds is 1. The van der Waals surface area contributed by atoms with Crippen LogP contribution in [-0.2, 0) is 0 Å². The summed E-state index contributed by atoms with van der Waals surface area (Å²) >= 11 is 0. The summed E-state index contributed by atoms with van der Waals surface area (Å²) in [7, 11) is 0. The zero-order valence-electron chi connectivity index (χ0n) is 5.66. The molecule has 0 amide bonds. The van der Waals surface area contributed by atoms with Crippen LogP contribution in [0.1, 0.15) is 18.7 Å². The summed E-state index contributed by atoms with van der Waals surface area (Å²) in [6, 6.07) is -0.301. The van der Waals surface area contributed by atoms with Gasteiger partial charge in [-0.25, -0.2) is 0 Å². The molecular weight excluding hydrogens is 130 g/mol. The predicted octanol–water partition coefficient (Wildman–Crippen LogP) is -0.210. The molecule has 1 aromatic heterocycles. The Labute approximate surface area is 58.1 Å². The van der Waals surface area contributed by atoms with Crippen LogP contribution < -0.4 is 11.3 Å². The minimum atomic E-state index is -0.301. The largest absolute Gasteiger partial charge is 0.326 e. The molecule has 1 rings (SSSR count). The van der Waals surface area contributed by atoms with Gasteiger partial charge in [0.1, 0.15) is 5.69 Å². The van der Waals surface area contributed by atoms with Gasteiger partial charge < -0.3 is 10.7 Å². The van der Waals surface area contributed by atoms with Gasteiger partial charge in [0.05, 0.1) is 0 Å². The average Bonchev–Trinajstić information content (AvgIpc) is 1.88. The van der Waals surface area contributed by atoms with Gasteiger partial charge in [-0.2, -0.15) is 0 Å². The number of nitrogens with zero attached hydrogens (tertiary/aromatic N) is 1. The van der Waals surface area contributed by atoms with E-state index in [9.17, 15) is 4.79 Å². The van der Waals surface area contributed by atoms with Gasteiger partial charge in [-0.15, -0.1) is 0 Å². The Hall–Kier alpha value is -1.16. The van der Waals surface area contributed by atoms with Crippen LogP contribution in [-0.4, -0.2) is 9.97 Å². The highest BCUT2D eigenvalue weighted by Gasteiger charge is 2.03. The van der Waals surface area contributed by atoms with Crippen molar-refractivity contribution in [2.45, 2.75) is 13.0 Å². The van der Waals surface area contributed by atoms with Crippen molar-refractivity contribution in [1.29, 1.82) is 0 Å². The van der Waals surface area contributed by atoms with E-state index in [4.69, 9.17) is 5.73 Å². The summed E-state index contributed by atoms with van der Waals surface area (Å²) < 4.78 is 0. The molecule has 0 aromatic carbocycles. The third kappa shape index (κ3) is 1.22. The Bertz CT molecular complexity index is 266. The predicted molar refractivity (Wildman–Crippen MR) is 37.5 cm³/mol. The normalized spacial score (nSPS) is 13.0. The number of H-pyrrole nitrogens is 1. The van der Waals surface area contributed by atoms with Gasteiger partial charge in [0, 0.05) is 18.4 Å². The van der Waals surface area contributed by atoms with Gasteiger partial charge in [-0.05, 0) is 6.92 Å². The molecule has 0 spiro atoms. The summed E-state index contributed by atoms with van der Waals surface area (Å²) in [4.78, 5) is 17.2. The van der Waals surface area contributed by atoms with E-state index in [1.165, 1.54) is 12.4 Å². The lowest BCUT2D eigenvalue weighted by atomic mass is 10.3. The molecule has 0 fully saturated rings. The number of nitrogens with two attached hydrogens (primary N) is 1. The van der Waals surface area contributed by atoms with Crippen LogP contribution in [0.3, 0.4) is 0 Å². The molecule has 3 N–H and O–H groups in total. The first kappa shape index (κ1) is 6.95. The van der Waals surface area contributed by atoms with Gasteiger partial charge in [0.2, 0.25) is 0 Å². The molecule has 4 heteroatoms. The van der Waals surface area contributed by atoms with E-state index in [-0.39, 0.29) is 11.6 Å². The van der Waals surface area contributed by atoms with Crippen LogP contribution in [0.4, 0.5) is 0 Å². The minimum Gasteiger partial charge on any atom is -0.326 e. The van der Waals surface area contributed by atoms with Crippen molar-refractivity contribution < 1.29 is 0 Å². The second-order valence-electron chi connectivity index (χ2n) is 2.09. The molecule has 0 bridgehead atoms. The van der Waals surface area contributed by atoms with Crippen LogP contribution in [0.2, 0.25) is 0 Å². The highest BCUT2D eigenvalue weighted by Crippen LogP contribution is 1.95. The summed E-state index contributed by atoms with van der Waals surface area (Å²) in [5.74, 6) is 0. The SMILES string of the molecule is CC(N)c1ncc[nH]c1=O. The van der Waals surface area contributed by atoms with Crippen molar-refractivity contribution >= 4 is 0 Å². The van der Waals surface area contributed by atoms with E-state index in [2.05, 4.69) is 9.97 Å². The quantitative estimate of drug-likeness (QED) is 0.565. The third-order valence-corrected chi connectivity index (χ3v) is 1.17. The van der Waals surface area contributed by atoms with E-state index >= 15 is 0 Å². The first-order valence-electron chi connectivity index (χ1n) is 3.01. The maximum absolute atomic E-state index is 10.9. The van der Waals surface area contributed by atoms with Crippen LogP contribution in [0.5, 0.6) is 0 Å². The second kappa shape index (κ2) is 2.62. The lowest BCUT2D eigenvalue weighted by Gasteiger charge is -1.99. The maximum Gasteiger partial charge on any atom is 0.271 e. The van der Waals surface area contributed by atoms with Crippen LogP contribution >= 0.6 is 0 Å². The molecule has 0 aliphatic heterocycles. The van der Waals surface area contributed by atoms with Gasteiger partial charge in [0.25, 0.3) is 5.56 Å². The maximum atomic E-state index is 10.9. The Kier molecular flexibility index (Phi) is 1.82. The molecule has 0 aliphatic rings. The summed E-state index contributed by atoms with van der Waals surface area (Å²) in [5.41, 5.74) is 5.60. The molecule has 1 heterocycles. The Morgan fingerprint density at radius 2 is 2.50 bits per heavy atom. The van der Waals surface area contributed by atoms with Crippen LogP contribution in [0.15, 0.2) is 17.2 Å². The van der Waals surface area contributed by atoms with Gasteiger partial charge >= 0.3 is 0 Å². The van der Waals surface area contributed by atoms with Gasteiger partial charge in [0.15, 0.2) is 0 Å². The topological polar surface area (TPSA) is 71.8 Å². The number of hydrogen-bond donors (Lipinski definition) is 2. The van der Waals surface area contributed by atoms with Crippen LogP contribution in [0.25, 0.3) is 0 Å². The fourth-order valence-corrected chi connectivity index (χ4v) is 0.687. The molecule has 0 radical (unpaired) electrons.